The van der Waals surface area contributed by atoms with Gasteiger partial charge in [-0.05, 0) is 36.8 Å². The summed E-state index contributed by atoms with van der Waals surface area (Å²) in [6.45, 7) is 1.90. The van der Waals surface area contributed by atoms with Gasteiger partial charge in [-0.3, -0.25) is 4.79 Å². The fourth-order valence-electron chi connectivity index (χ4n) is 2.18. The van der Waals surface area contributed by atoms with Gasteiger partial charge in [-0.1, -0.05) is 29.8 Å². The van der Waals surface area contributed by atoms with Crippen LogP contribution in [-0.2, 0) is 11.2 Å². The molecule has 0 saturated heterocycles. The van der Waals surface area contributed by atoms with Gasteiger partial charge in [0, 0.05) is 21.7 Å². The van der Waals surface area contributed by atoms with Crippen molar-refractivity contribution in [3.05, 3.63) is 69.9 Å². The van der Waals surface area contributed by atoms with Crippen molar-refractivity contribution in [3.63, 3.8) is 0 Å². The van der Waals surface area contributed by atoms with Crippen LogP contribution < -0.4 is 5.32 Å². The minimum absolute atomic E-state index is 0.150. The molecule has 1 aromatic heterocycles. The molecule has 3 aromatic rings. The number of anilines is 1. The van der Waals surface area contributed by atoms with Gasteiger partial charge in [0.25, 0.3) is 0 Å². The first-order valence-electron chi connectivity index (χ1n) is 7.27. The summed E-state index contributed by atoms with van der Waals surface area (Å²) in [5.74, 6) is -0.482. The Balaban J connectivity index is 1.68. The van der Waals surface area contributed by atoms with Crippen LogP contribution in [0.4, 0.5) is 10.1 Å². The average molecular weight is 361 g/mol. The molecule has 0 saturated carbocycles. The summed E-state index contributed by atoms with van der Waals surface area (Å²) in [7, 11) is 0. The number of nitrogens with one attached hydrogen (secondary N) is 1. The molecule has 6 heteroatoms. The van der Waals surface area contributed by atoms with Crippen molar-refractivity contribution in [1.29, 1.82) is 0 Å². The monoisotopic (exact) mass is 360 g/mol. The molecule has 0 fully saturated rings. The molecule has 3 rings (SSSR count). The number of hydrogen-bond acceptors (Lipinski definition) is 3. The van der Waals surface area contributed by atoms with Crippen LogP contribution in [0.2, 0.25) is 5.02 Å². The number of carbonyl (C=O) groups excluding carboxylic acids is 1. The summed E-state index contributed by atoms with van der Waals surface area (Å²) >= 11 is 7.43. The molecule has 24 heavy (non-hydrogen) atoms. The maximum atomic E-state index is 13.3. The number of halogens is 2. The highest BCUT2D eigenvalue weighted by Crippen LogP contribution is 2.25. The Bertz CT molecular complexity index is 894. The van der Waals surface area contributed by atoms with Gasteiger partial charge in [0.15, 0.2) is 0 Å². The van der Waals surface area contributed by atoms with Gasteiger partial charge in [0.2, 0.25) is 5.91 Å². The number of benzene rings is 2. The van der Waals surface area contributed by atoms with E-state index in [0.29, 0.717) is 27.0 Å². The van der Waals surface area contributed by atoms with Crippen molar-refractivity contribution < 1.29 is 9.18 Å². The number of nitrogens with zero attached hydrogens (tertiary/aromatic N) is 1. The highest BCUT2D eigenvalue weighted by Gasteiger charge is 2.10. The van der Waals surface area contributed by atoms with E-state index < -0.39 is 0 Å². The van der Waals surface area contributed by atoms with Crippen LogP contribution in [0.15, 0.2) is 47.8 Å². The molecule has 1 heterocycles. The molecule has 0 spiro atoms. The van der Waals surface area contributed by atoms with E-state index in [0.717, 1.165) is 5.56 Å². The molecule has 0 aliphatic carbocycles. The fraction of sp³-hybridized carbons (Fsp3) is 0.111. The molecule has 0 atom stereocenters. The predicted molar refractivity (Wildman–Crippen MR) is 96.0 cm³/mol. The topological polar surface area (TPSA) is 42.0 Å². The smallest absolute Gasteiger partial charge is 0.230 e. The summed E-state index contributed by atoms with van der Waals surface area (Å²) < 4.78 is 13.3. The minimum atomic E-state index is -0.307. The van der Waals surface area contributed by atoms with E-state index in [4.69, 9.17) is 11.6 Å². The Morgan fingerprint density at radius 3 is 2.88 bits per heavy atom. The van der Waals surface area contributed by atoms with Gasteiger partial charge < -0.3 is 5.32 Å². The highest BCUT2D eigenvalue weighted by atomic mass is 35.5. The molecular formula is C18H14ClFN2OS. The molecular weight excluding hydrogens is 347 g/mol. The van der Waals surface area contributed by atoms with Crippen LogP contribution in [0.3, 0.4) is 0 Å². The van der Waals surface area contributed by atoms with Crippen LogP contribution >= 0.6 is 22.9 Å². The number of aryl methyl sites for hydroxylation is 1. The Morgan fingerprint density at radius 1 is 1.29 bits per heavy atom. The molecule has 122 valence electrons. The zero-order chi connectivity index (χ0) is 17.1. The largest absolute Gasteiger partial charge is 0.326 e. The van der Waals surface area contributed by atoms with Crippen LogP contribution in [0.5, 0.6) is 0 Å². The molecule has 1 amide bonds. The lowest BCUT2D eigenvalue weighted by Gasteiger charge is -2.06. The quantitative estimate of drug-likeness (QED) is 0.704. The molecule has 3 nitrogen and oxygen atoms in total. The molecule has 0 bridgehead atoms. The third-order valence-electron chi connectivity index (χ3n) is 3.42. The second kappa shape index (κ2) is 7.11. The van der Waals surface area contributed by atoms with Crippen molar-refractivity contribution in [2.75, 3.05) is 5.32 Å². The maximum Gasteiger partial charge on any atom is 0.230 e. The van der Waals surface area contributed by atoms with Crippen LogP contribution in [0.25, 0.3) is 10.6 Å². The second-order valence-electron chi connectivity index (χ2n) is 5.34. The van der Waals surface area contributed by atoms with Gasteiger partial charge in [-0.2, -0.15) is 0 Å². The number of aromatic nitrogens is 1. The van der Waals surface area contributed by atoms with Crippen molar-refractivity contribution in [2.45, 2.75) is 13.3 Å². The van der Waals surface area contributed by atoms with E-state index in [-0.39, 0.29) is 18.1 Å². The first-order valence-corrected chi connectivity index (χ1v) is 8.53. The second-order valence-corrected chi connectivity index (χ2v) is 6.61. The van der Waals surface area contributed by atoms with E-state index in [2.05, 4.69) is 10.3 Å². The lowest BCUT2D eigenvalue weighted by Crippen LogP contribution is -2.14. The molecule has 0 unspecified atom stereocenters. The van der Waals surface area contributed by atoms with E-state index in [1.807, 2.05) is 18.4 Å². The number of rotatable bonds is 4. The Kier molecular flexibility index (Phi) is 4.92. The van der Waals surface area contributed by atoms with E-state index in [1.165, 1.54) is 23.5 Å². The van der Waals surface area contributed by atoms with Crippen LogP contribution in [-0.4, -0.2) is 10.9 Å². The molecule has 0 radical (unpaired) electrons. The van der Waals surface area contributed by atoms with Crippen molar-refractivity contribution in [1.82, 2.24) is 4.98 Å². The molecule has 0 aliphatic heterocycles. The van der Waals surface area contributed by atoms with Gasteiger partial charge in [-0.15, -0.1) is 11.3 Å². The Hall–Kier alpha value is -2.24. The SMILES string of the molecule is Cc1ccc(NC(=O)Cc2csc(-c3cccc(F)c3)n2)cc1Cl. The van der Waals surface area contributed by atoms with Gasteiger partial charge in [0.05, 0.1) is 12.1 Å². The summed E-state index contributed by atoms with van der Waals surface area (Å²) in [4.78, 5) is 16.5. The third kappa shape index (κ3) is 3.99. The zero-order valence-electron chi connectivity index (χ0n) is 12.8. The minimum Gasteiger partial charge on any atom is -0.326 e. The summed E-state index contributed by atoms with van der Waals surface area (Å²) in [6.07, 6.45) is 0.150. The standard InChI is InChI=1S/C18H14ClFN2OS/c1-11-5-6-14(8-16(11)19)21-17(23)9-15-10-24-18(22-15)12-3-2-4-13(20)7-12/h2-8,10H,9H2,1H3,(H,21,23). The van der Waals surface area contributed by atoms with Crippen molar-refractivity contribution >= 4 is 34.5 Å². The molecule has 1 N–H and O–H groups in total. The zero-order valence-corrected chi connectivity index (χ0v) is 14.4. The lowest BCUT2D eigenvalue weighted by atomic mass is 10.2. The van der Waals surface area contributed by atoms with E-state index in [1.54, 1.807) is 24.3 Å². The average Bonchev–Trinajstić information content (AvgIpc) is 2.99. The first kappa shape index (κ1) is 16.6. The van der Waals surface area contributed by atoms with Crippen LogP contribution in [0.1, 0.15) is 11.3 Å². The summed E-state index contributed by atoms with van der Waals surface area (Å²) in [6, 6.07) is 11.6. The summed E-state index contributed by atoms with van der Waals surface area (Å²) in [5, 5.41) is 5.90. The van der Waals surface area contributed by atoms with Gasteiger partial charge in [0.1, 0.15) is 10.8 Å². The third-order valence-corrected chi connectivity index (χ3v) is 4.77. The van der Waals surface area contributed by atoms with Crippen molar-refractivity contribution in [2.24, 2.45) is 0 Å². The predicted octanol–water partition coefficient (Wildman–Crippen LogP) is 5.09. The first-order chi connectivity index (χ1) is 11.5. The normalized spacial score (nSPS) is 10.6. The number of amides is 1. The van der Waals surface area contributed by atoms with Crippen molar-refractivity contribution in [3.8, 4) is 10.6 Å². The Labute approximate surface area is 148 Å². The number of thiazole rings is 1. The maximum absolute atomic E-state index is 13.3. The summed E-state index contributed by atoms with van der Waals surface area (Å²) in [5.41, 5.74) is 2.96. The van der Waals surface area contributed by atoms with Gasteiger partial charge >= 0.3 is 0 Å². The van der Waals surface area contributed by atoms with Gasteiger partial charge in [-0.25, -0.2) is 9.37 Å². The van der Waals surface area contributed by atoms with E-state index in [9.17, 15) is 9.18 Å². The fourth-order valence-corrected chi connectivity index (χ4v) is 3.18. The van der Waals surface area contributed by atoms with Crippen LogP contribution in [0, 0.1) is 12.7 Å². The van der Waals surface area contributed by atoms with E-state index >= 15 is 0 Å². The lowest BCUT2D eigenvalue weighted by molar-refractivity contribution is -0.115. The molecule has 2 aromatic carbocycles. The number of hydrogen-bond donors (Lipinski definition) is 1. The molecule has 0 aliphatic rings. The number of carbonyl (C=O) groups is 1. The highest BCUT2D eigenvalue weighted by molar-refractivity contribution is 7.13. The Morgan fingerprint density at radius 2 is 2.12 bits per heavy atom.